The van der Waals surface area contributed by atoms with E-state index >= 15 is 0 Å². The van der Waals surface area contributed by atoms with Crippen molar-refractivity contribution in [1.82, 2.24) is 19.8 Å². The lowest BCUT2D eigenvalue weighted by Gasteiger charge is -2.08. The third-order valence-corrected chi connectivity index (χ3v) is 4.43. The number of hydrogen-bond donors (Lipinski definition) is 0. The highest BCUT2D eigenvalue weighted by atomic mass is 35.5. The molecule has 0 radical (unpaired) electrons. The standard InChI is InChI=1S/C15H13ClN4O/c1-8-9(2)14-17-18-15(20(14)19-13(8)16)11-7-21-12-6-4-3-5-10(11)12/h3-6,11H,7H2,1-2H3. The van der Waals surface area contributed by atoms with Gasteiger partial charge in [0.15, 0.2) is 16.6 Å². The number of fused-ring (bicyclic) bond motifs is 2. The average Bonchev–Trinajstić information content (AvgIpc) is 3.08. The molecule has 1 atom stereocenters. The van der Waals surface area contributed by atoms with Gasteiger partial charge in [0, 0.05) is 11.1 Å². The summed E-state index contributed by atoms with van der Waals surface area (Å²) in [7, 11) is 0. The molecular formula is C15H13ClN4O. The number of nitrogens with zero attached hydrogens (tertiary/aromatic N) is 4. The van der Waals surface area contributed by atoms with Crippen LogP contribution in [0.25, 0.3) is 5.65 Å². The first-order chi connectivity index (χ1) is 10.2. The van der Waals surface area contributed by atoms with Crippen LogP contribution in [0, 0.1) is 13.8 Å². The van der Waals surface area contributed by atoms with Gasteiger partial charge in [-0.15, -0.1) is 10.2 Å². The Morgan fingerprint density at radius 1 is 1.19 bits per heavy atom. The molecule has 0 spiro atoms. The number of aryl methyl sites for hydroxylation is 1. The molecule has 21 heavy (non-hydrogen) atoms. The molecule has 6 heteroatoms. The fraction of sp³-hybridized carbons (Fsp3) is 0.267. The molecule has 0 amide bonds. The summed E-state index contributed by atoms with van der Waals surface area (Å²) in [6.45, 7) is 4.47. The fourth-order valence-corrected chi connectivity index (χ4v) is 2.92. The molecule has 0 fully saturated rings. The average molecular weight is 301 g/mol. The zero-order valence-corrected chi connectivity index (χ0v) is 12.4. The molecule has 0 saturated carbocycles. The van der Waals surface area contributed by atoms with Crippen molar-refractivity contribution in [3.8, 4) is 5.75 Å². The van der Waals surface area contributed by atoms with Crippen molar-refractivity contribution in [3.05, 3.63) is 51.9 Å². The first-order valence-electron chi connectivity index (χ1n) is 6.76. The predicted octanol–water partition coefficient (Wildman–Crippen LogP) is 2.92. The molecule has 3 aromatic rings. The normalized spacial score (nSPS) is 17.0. The predicted molar refractivity (Wildman–Crippen MR) is 79.0 cm³/mol. The molecule has 4 rings (SSSR count). The molecule has 1 aliphatic heterocycles. The lowest BCUT2D eigenvalue weighted by Crippen LogP contribution is -2.10. The number of rotatable bonds is 1. The topological polar surface area (TPSA) is 52.3 Å². The maximum absolute atomic E-state index is 6.21. The highest BCUT2D eigenvalue weighted by molar-refractivity contribution is 6.30. The summed E-state index contributed by atoms with van der Waals surface area (Å²) >= 11 is 6.21. The maximum Gasteiger partial charge on any atom is 0.181 e. The smallest absolute Gasteiger partial charge is 0.181 e. The van der Waals surface area contributed by atoms with E-state index in [1.165, 1.54) is 0 Å². The SMILES string of the molecule is Cc1c(Cl)nn2c(C3COc4ccccc43)nnc2c1C. The van der Waals surface area contributed by atoms with Gasteiger partial charge in [-0.3, -0.25) is 0 Å². The van der Waals surface area contributed by atoms with Crippen molar-refractivity contribution in [3.63, 3.8) is 0 Å². The lowest BCUT2D eigenvalue weighted by atomic mass is 10.0. The lowest BCUT2D eigenvalue weighted by molar-refractivity contribution is 0.338. The van der Waals surface area contributed by atoms with Crippen LogP contribution in [0.4, 0.5) is 0 Å². The van der Waals surface area contributed by atoms with E-state index in [9.17, 15) is 0 Å². The number of hydrogen-bond acceptors (Lipinski definition) is 4. The molecule has 0 aliphatic carbocycles. The minimum Gasteiger partial charge on any atom is -0.492 e. The van der Waals surface area contributed by atoms with E-state index in [4.69, 9.17) is 16.3 Å². The summed E-state index contributed by atoms with van der Waals surface area (Å²) in [6.07, 6.45) is 0. The monoisotopic (exact) mass is 300 g/mol. The molecule has 5 nitrogen and oxygen atoms in total. The van der Waals surface area contributed by atoms with Crippen LogP contribution in [0.3, 0.4) is 0 Å². The summed E-state index contributed by atoms with van der Waals surface area (Å²) in [5.41, 5.74) is 3.80. The van der Waals surface area contributed by atoms with E-state index < -0.39 is 0 Å². The van der Waals surface area contributed by atoms with Gasteiger partial charge in [-0.25, -0.2) is 0 Å². The molecule has 2 aromatic heterocycles. The minimum atomic E-state index is 0.0295. The summed E-state index contributed by atoms with van der Waals surface area (Å²) in [4.78, 5) is 0. The van der Waals surface area contributed by atoms with Crippen molar-refractivity contribution >= 4 is 17.2 Å². The first kappa shape index (κ1) is 12.6. The zero-order chi connectivity index (χ0) is 14.6. The molecule has 1 aromatic carbocycles. The number of halogens is 1. The van der Waals surface area contributed by atoms with Gasteiger partial charge >= 0.3 is 0 Å². The van der Waals surface area contributed by atoms with E-state index in [0.717, 1.165) is 33.9 Å². The summed E-state index contributed by atoms with van der Waals surface area (Å²) in [5.74, 6) is 1.69. The molecule has 3 heterocycles. The molecule has 106 valence electrons. The first-order valence-corrected chi connectivity index (χ1v) is 7.14. The van der Waals surface area contributed by atoms with Crippen LogP contribution >= 0.6 is 11.6 Å². The van der Waals surface area contributed by atoms with E-state index in [2.05, 4.69) is 21.4 Å². The Morgan fingerprint density at radius 3 is 2.86 bits per heavy atom. The number of para-hydroxylation sites is 1. The molecule has 0 saturated heterocycles. The van der Waals surface area contributed by atoms with Gasteiger partial charge in [0.1, 0.15) is 12.4 Å². The molecular weight excluding hydrogens is 288 g/mol. The fourth-order valence-electron chi connectivity index (χ4n) is 2.70. The van der Waals surface area contributed by atoms with Crippen molar-refractivity contribution in [2.24, 2.45) is 0 Å². The Labute approximate surface area is 126 Å². The number of aromatic nitrogens is 4. The molecule has 0 N–H and O–H groups in total. The van der Waals surface area contributed by atoms with E-state index in [1.54, 1.807) is 4.52 Å². The third-order valence-electron chi connectivity index (χ3n) is 4.07. The number of benzene rings is 1. The Morgan fingerprint density at radius 2 is 2.00 bits per heavy atom. The van der Waals surface area contributed by atoms with Gasteiger partial charge in [0.25, 0.3) is 0 Å². The number of ether oxygens (including phenoxy) is 1. The van der Waals surface area contributed by atoms with Crippen LogP contribution in [-0.2, 0) is 0 Å². The maximum atomic E-state index is 6.21. The van der Waals surface area contributed by atoms with Gasteiger partial charge in [0.2, 0.25) is 0 Å². The minimum absolute atomic E-state index is 0.0295. The van der Waals surface area contributed by atoms with Crippen molar-refractivity contribution in [2.45, 2.75) is 19.8 Å². The quantitative estimate of drug-likeness (QED) is 0.693. The Hall–Kier alpha value is -2.14. The van der Waals surface area contributed by atoms with Crippen LogP contribution in [0.5, 0.6) is 5.75 Å². The van der Waals surface area contributed by atoms with Crippen molar-refractivity contribution in [2.75, 3.05) is 6.61 Å². The summed E-state index contributed by atoms with van der Waals surface area (Å²) in [6, 6.07) is 7.98. The Bertz CT molecular complexity index is 858. The van der Waals surface area contributed by atoms with Gasteiger partial charge in [-0.2, -0.15) is 9.61 Å². The summed E-state index contributed by atoms with van der Waals surface area (Å²) < 4.78 is 7.46. The van der Waals surface area contributed by atoms with Crippen LogP contribution in [-0.4, -0.2) is 26.4 Å². The molecule has 1 unspecified atom stereocenters. The van der Waals surface area contributed by atoms with Crippen molar-refractivity contribution in [1.29, 1.82) is 0 Å². The second-order valence-electron chi connectivity index (χ2n) is 5.24. The highest BCUT2D eigenvalue weighted by Gasteiger charge is 2.30. The highest BCUT2D eigenvalue weighted by Crippen LogP contribution is 2.37. The van der Waals surface area contributed by atoms with Crippen molar-refractivity contribution < 1.29 is 4.74 Å². The van der Waals surface area contributed by atoms with Crippen LogP contribution in [0.2, 0.25) is 5.15 Å². The Kier molecular flexibility index (Phi) is 2.65. The van der Waals surface area contributed by atoms with Gasteiger partial charge in [-0.05, 0) is 25.5 Å². The van der Waals surface area contributed by atoms with E-state index in [-0.39, 0.29) is 5.92 Å². The van der Waals surface area contributed by atoms with Crippen LogP contribution in [0.1, 0.15) is 28.4 Å². The Balaban J connectivity index is 1.93. The van der Waals surface area contributed by atoms with E-state index in [0.29, 0.717) is 11.8 Å². The van der Waals surface area contributed by atoms with Gasteiger partial charge in [-0.1, -0.05) is 29.8 Å². The molecule has 0 bridgehead atoms. The summed E-state index contributed by atoms with van der Waals surface area (Å²) in [5, 5.41) is 13.5. The van der Waals surface area contributed by atoms with E-state index in [1.807, 2.05) is 32.0 Å². The van der Waals surface area contributed by atoms with Gasteiger partial charge < -0.3 is 4.74 Å². The van der Waals surface area contributed by atoms with Crippen LogP contribution < -0.4 is 4.74 Å². The largest absolute Gasteiger partial charge is 0.492 e. The zero-order valence-electron chi connectivity index (χ0n) is 11.7. The second-order valence-corrected chi connectivity index (χ2v) is 5.59. The second kappa shape index (κ2) is 4.43. The van der Waals surface area contributed by atoms with Crippen LogP contribution in [0.15, 0.2) is 24.3 Å². The molecule has 1 aliphatic rings. The van der Waals surface area contributed by atoms with Gasteiger partial charge in [0.05, 0.1) is 5.92 Å². The third kappa shape index (κ3) is 1.74.